The van der Waals surface area contributed by atoms with Crippen molar-refractivity contribution >= 4 is 41.0 Å². The van der Waals surface area contributed by atoms with Crippen LogP contribution in [0.2, 0.25) is 0 Å². The maximum atomic E-state index is 12.7. The Morgan fingerprint density at radius 3 is 2.83 bits per heavy atom. The number of amides is 2. The summed E-state index contributed by atoms with van der Waals surface area (Å²) in [6, 6.07) is 6.36. The van der Waals surface area contributed by atoms with Crippen LogP contribution in [0.3, 0.4) is 0 Å². The van der Waals surface area contributed by atoms with Crippen LogP contribution in [-0.2, 0) is 9.59 Å². The van der Waals surface area contributed by atoms with Crippen LogP contribution in [-0.4, -0.2) is 53.6 Å². The smallest absolute Gasteiger partial charge is 0.242 e. The number of likely N-dealkylation sites (N-methyl/N-ethyl adjacent to an activating group) is 1. The highest BCUT2D eigenvalue weighted by atomic mass is 32.2. The highest BCUT2D eigenvalue weighted by molar-refractivity contribution is 8.00. The van der Waals surface area contributed by atoms with Gasteiger partial charge in [-0.05, 0) is 49.0 Å². The highest BCUT2D eigenvalue weighted by Crippen LogP contribution is 2.36. The van der Waals surface area contributed by atoms with Gasteiger partial charge in [-0.1, -0.05) is 6.07 Å². The minimum Gasteiger partial charge on any atom is -0.341 e. The van der Waals surface area contributed by atoms with Gasteiger partial charge in [-0.25, -0.2) is 0 Å². The van der Waals surface area contributed by atoms with Crippen LogP contribution in [0, 0.1) is 6.92 Å². The standard InChI is InChI=1S/C17H22N2O2S2/c1-12-3-4-14-15(9-12)23-11-17(21)19(14)10-16(20)18(2)13-5-7-22-8-6-13/h3-4,9,13H,5-8,10-11H2,1-2H3. The molecular formula is C17H22N2O2S2. The molecule has 0 aromatic heterocycles. The summed E-state index contributed by atoms with van der Waals surface area (Å²) in [6.45, 7) is 2.19. The zero-order chi connectivity index (χ0) is 16.4. The molecule has 0 N–H and O–H groups in total. The topological polar surface area (TPSA) is 40.6 Å². The van der Waals surface area contributed by atoms with E-state index in [0.29, 0.717) is 11.8 Å². The van der Waals surface area contributed by atoms with Gasteiger partial charge in [0, 0.05) is 18.0 Å². The van der Waals surface area contributed by atoms with Crippen LogP contribution in [0.4, 0.5) is 5.69 Å². The summed E-state index contributed by atoms with van der Waals surface area (Å²) in [5.74, 6) is 2.70. The van der Waals surface area contributed by atoms with E-state index in [0.717, 1.165) is 34.9 Å². The zero-order valence-electron chi connectivity index (χ0n) is 13.6. The number of anilines is 1. The van der Waals surface area contributed by atoms with Crippen molar-refractivity contribution in [2.45, 2.75) is 30.7 Å². The Morgan fingerprint density at radius 2 is 2.09 bits per heavy atom. The van der Waals surface area contributed by atoms with Gasteiger partial charge in [0.2, 0.25) is 11.8 Å². The van der Waals surface area contributed by atoms with Crippen LogP contribution in [0.1, 0.15) is 18.4 Å². The van der Waals surface area contributed by atoms with Gasteiger partial charge in [0.15, 0.2) is 0 Å². The van der Waals surface area contributed by atoms with Crippen molar-refractivity contribution in [3.63, 3.8) is 0 Å². The van der Waals surface area contributed by atoms with Crippen LogP contribution < -0.4 is 4.90 Å². The van der Waals surface area contributed by atoms with Gasteiger partial charge in [0.25, 0.3) is 0 Å². The Bertz CT molecular complexity index is 615. The first-order valence-corrected chi connectivity index (χ1v) is 10.1. The Hall–Kier alpha value is -1.14. The molecule has 0 aliphatic carbocycles. The van der Waals surface area contributed by atoms with Crippen LogP contribution in [0.5, 0.6) is 0 Å². The van der Waals surface area contributed by atoms with E-state index in [9.17, 15) is 9.59 Å². The number of nitrogens with zero attached hydrogens (tertiary/aromatic N) is 2. The summed E-state index contributed by atoms with van der Waals surface area (Å²) in [4.78, 5) is 29.6. The third-order valence-corrected chi connectivity index (χ3v) is 6.56. The molecule has 0 radical (unpaired) electrons. The molecule has 1 saturated heterocycles. The normalized spacial score (nSPS) is 18.7. The molecule has 1 aromatic rings. The molecule has 0 spiro atoms. The molecule has 0 unspecified atom stereocenters. The molecule has 0 saturated carbocycles. The molecule has 2 aliphatic rings. The average Bonchev–Trinajstić information content (AvgIpc) is 2.57. The van der Waals surface area contributed by atoms with Crippen molar-refractivity contribution in [2.75, 3.05) is 35.8 Å². The van der Waals surface area contributed by atoms with Gasteiger partial charge >= 0.3 is 0 Å². The third-order valence-electron chi connectivity index (χ3n) is 4.48. The van der Waals surface area contributed by atoms with Gasteiger partial charge < -0.3 is 9.80 Å². The second-order valence-corrected chi connectivity index (χ2v) is 8.33. The van der Waals surface area contributed by atoms with E-state index in [1.807, 2.05) is 42.8 Å². The number of fused-ring (bicyclic) bond motifs is 1. The lowest BCUT2D eigenvalue weighted by Gasteiger charge is -2.34. The number of hydrogen-bond donors (Lipinski definition) is 0. The van der Waals surface area contributed by atoms with Gasteiger partial charge in [0.1, 0.15) is 6.54 Å². The molecule has 0 atom stereocenters. The zero-order valence-corrected chi connectivity index (χ0v) is 15.2. The monoisotopic (exact) mass is 350 g/mol. The predicted octanol–water partition coefficient (Wildman–Crippen LogP) is 2.79. The maximum absolute atomic E-state index is 12.7. The Labute approximate surface area is 146 Å². The van der Waals surface area contributed by atoms with E-state index < -0.39 is 0 Å². The van der Waals surface area contributed by atoms with Crippen LogP contribution in [0.25, 0.3) is 0 Å². The first kappa shape index (κ1) is 16.7. The van der Waals surface area contributed by atoms with Crippen molar-refractivity contribution in [1.82, 2.24) is 4.90 Å². The number of carbonyl (C=O) groups is 2. The Morgan fingerprint density at radius 1 is 1.35 bits per heavy atom. The summed E-state index contributed by atoms with van der Waals surface area (Å²) < 4.78 is 0. The fourth-order valence-corrected chi connectivity index (χ4v) is 5.12. The van der Waals surface area contributed by atoms with Crippen molar-refractivity contribution in [2.24, 2.45) is 0 Å². The molecule has 0 bridgehead atoms. The van der Waals surface area contributed by atoms with Gasteiger partial charge in [-0.15, -0.1) is 11.8 Å². The van der Waals surface area contributed by atoms with E-state index in [4.69, 9.17) is 0 Å². The number of rotatable bonds is 3. The molecule has 2 aliphatic heterocycles. The lowest BCUT2D eigenvalue weighted by Crippen LogP contribution is -2.47. The molecule has 2 amide bonds. The average molecular weight is 351 g/mol. The summed E-state index contributed by atoms with van der Waals surface area (Å²) in [6.07, 6.45) is 2.10. The lowest BCUT2D eigenvalue weighted by atomic mass is 10.1. The molecule has 2 heterocycles. The maximum Gasteiger partial charge on any atom is 0.242 e. The fourth-order valence-electron chi connectivity index (χ4n) is 3.01. The quantitative estimate of drug-likeness (QED) is 0.840. The van der Waals surface area contributed by atoms with Crippen molar-refractivity contribution in [3.8, 4) is 0 Å². The van der Waals surface area contributed by atoms with Crippen molar-refractivity contribution in [3.05, 3.63) is 23.8 Å². The molecule has 23 heavy (non-hydrogen) atoms. The second-order valence-electron chi connectivity index (χ2n) is 6.09. The molecule has 4 nitrogen and oxygen atoms in total. The predicted molar refractivity (Wildman–Crippen MR) is 97.4 cm³/mol. The summed E-state index contributed by atoms with van der Waals surface area (Å²) in [5, 5.41) is 0. The number of hydrogen-bond acceptors (Lipinski definition) is 4. The van der Waals surface area contributed by atoms with Crippen molar-refractivity contribution in [1.29, 1.82) is 0 Å². The second kappa shape index (κ2) is 7.18. The highest BCUT2D eigenvalue weighted by Gasteiger charge is 2.29. The van der Waals surface area contributed by atoms with Crippen LogP contribution in [0.15, 0.2) is 23.1 Å². The van der Waals surface area contributed by atoms with Crippen LogP contribution >= 0.6 is 23.5 Å². The van der Waals surface area contributed by atoms with E-state index >= 15 is 0 Å². The van der Waals surface area contributed by atoms with Gasteiger partial charge in [0.05, 0.1) is 11.4 Å². The minimum atomic E-state index is 0.0207. The number of thioether (sulfide) groups is 2. The number of benzene rings is 1. The molecule has 1 fully saturated rings. The van der Waals surface area contributed by atoms with Gasteiger partial charge in [-0.2, -0.15) is 11.8 Å². The molecule has 6 heteroatoms. The summed E-state index contributed by atoms with van der Waals surface area (Å²) >= 11 is 3.51. The van der Waals surface area contributed by atoms with Gasteiger partial charge in [-0.3, -0.25) is 9.59 Å². The van der Waals surface area contributed by atoms with E-state index in [1.165, 1.54) is 5.56 Å². The third kappa shape index (κ3) is 3.69. The number of carbonyl (C=O) groups excluding carboxylic acids is 2. The summed E-state index contributed by atoms with van der Waals surface area (Å²) in [7, 11) is 1.88. The number of aryl methyl sites for hydroxylation is 1. The van der Waals surface area contributed by atoms with E-state index in [2.05, 4.69) is 6.07 Å². The van der Waals surface area contributed by atoms with E-state index in [-0.39, 0.29) is 18.4 Å². The molecule has 1 aromatic carbocycles. The lowest BCUT2D eigenvalue weighted by molar-refractivity contribution is -0.132. The summed E-state index contributed by atoms with van der Waals surface area (Å²) in [5.41, 5.74) is 2.05. The Balaban J connectivity index is 1.74. The fraction of sp³-hybridized carbons (Fsp3) is 0.529. The first-order valence-electron chi connectivity index (χ1n) is 7.93. The van der Waals surface area contributed by atoms with Crippen molar-refractivity contribution < 1.29 is 9.59 Å². The SMILES string of the molecule is Cc1ccc2c(c1)SCC(=O)N2CC(=O)N(C)C1CCSCC1. The Kier molecular flexibility index (Phi) is 5.21. The molecule has 124 valence electrons. The molecular weight excluding hydrogens is 328 g/mol. The largest absolute Gasteiger partial charge is 0.341 e. The molecule has 3 rings (SSSR count). The first-order chi connectivity index (χ1) is 11.1. The van der Waals surface area contributed by atoms with E-state index in [1.54, 1.807) is 16.7 Å². The minimum absolute atomic E-state index is 0.0207.